The van der Waals surface area contributed by atoms with Gasteiger partial charge in [-0.25, -0.2) is 0 Å². The van der Waals surface area contributed by atoms with Gasteiger partial charge in [0.2, 0.25) is 5.91 Å². The highest BCUT2D eigenvalue weighted by Gasteiger charge is 2.34. The van der Waals surface area contributed by atoms with Gasteiger partial charge in [-0.05, 0) is 31.6 Å². The van der Waals surface area contributed by atoms with E-state index in [1.807, 2.05) is 4.90 Å². The first-order valence-electron chi connectivity index (χ1n) is 6.98. The van der Waals surface area contributed by atoms with E-state index in [0.29, 0.717) is 37.5 Å². The number of carbonyl (C=O) groups is 1. The molecule has 1 amide bonds. The molecule has 2 saturated heterocycles. The van der Waals surface area contributed by atoms with Crippen LogP contribution in [0.5, 0.6) is 0 Å². The number of fused-ring (bicyclic) bond motifs is 2. The highest BCUT2D eigenvalue weighted by atomic mass is 35.5. The van der Waals surface area contributed by atoms with E-state index in [2.05, 4.69) is 18.5 Å². The predicted molar refractivity (Wildman–Crippen MR) is 81.5 cm³/mol. The Morgan fingerprint density at radius 3 is 2.16 bits per heavy atom. The number of rotatable bonds is 6. The Morgan fingerprint density at radius 2 is 1.68 bits per heavy atom. The molecule has 3 nitrogen and oxygen atoms in total. The molecule has 0 aromatic carbocycles. The van der Waals surface area contributed by atoms with Crippen LogP contribution in [0, 0.1) is 5.92 Å². The van der Waals surface area contributed by atoms with Crippen LogP contribution in [0.15, 0.2) is 25.3 Å². The highest BCUT2D eigenvalue weighted by molar-refractivity contribution is 5.85. The van der Waals surface area contributed by atoms with Crippen molar-refractivity contribution in [2.75, 3.05) is 13.1 Å². The highest BCUT2D eigenvalue weighted by Crippen LogP contribution is 2.32. The second kappa shape index (κ2) is 7.71. The van der Waals surface area contributed by atoms with Crippen molar-refractivity contribution in [2.45, 2.75) is 44.2 Å². The first-order chi connectivity index (χ1) is 8.72. The summed E-state index contributed by atoms with van der Waals surface area (Å²) in [6.07, 6.45) is 9.17. The maximum absolute atomic E-state index is 12.2. The van der Waals surface area contributed by atoms with Crippen molar-refractivity contribution in [1.29, 1.82) is 0 Å². The summed E-state index contributed by atoms with van der Waals surface area (Å²) < 4.78 is 0. The first kappa shape index (κ1) is 16.3. The Balaban J connectivity index is 0.00000180. The Hall–Kier alpha value is -0.800. The molecule has 2 bridgehead atoms. The van der Waals surface area contributed by atoms with Crippen molar-refractivity contribution in [1.82, 2.24) is 10.2 Å². The van der Waals surface area contributed by atoms with Crippen molar-refractivity contribution in [2.24, 2.45) is 5.92 Å². The summed E-state index contributed by atoms with van der Waals surface area (Å²) in [6, 6.07) is 1.32. The van der Waals surface area contributed by atoms with Gasteiger partial charge < -0.3 is 10.2 Å². The normalized spacial score (nSPS) is 28.3. The Labute approximate surface area is 122 Å². The maximum Gasteiger partial charge on any atom is 0.223 e. The van der Waals surface area contributed by atoms with E-state index in [4.69, 9.17) is 0 Å². The van der Waals surface area contributed by atoms with Crippen molar-refractivity contribution < 1.29 is 4.79 Å². The molecule has 2 fully saturated rings. The predicted octanol–water partition coefficient (Wildman–Crippen LogP) is 2.53. The lowest BCUT2D eigenvalue weighted by Crippen LogP contribution is -2.40. The molecule has 2 rings (SSSR count). The molecule has 0 saturated carbocycles. The van der Waals surface area contributed by atoms with Crippen molar-refractivity contribution in [3.8, 4) is 0 Å². The number of nitrogens with one attached hydrogen (secondary N) is 1. The van der Waals surface area contributed by atoms with Gasteiger partial charge >= 0.3 is 0 Å². The lowest BCUT2D eigenvalue weighted by Gasteiger charge is -2.30. The van der Waals surface area contributed by atoms with Gasteiger partial charge in [-0.3, -0.25) is 4.79 Å². The summed E-state index contributed by atoms with van der Waals surface area (Å²) in [5, 5.41) is 3.62. The van der Waals surface area contributed by atoms with Gasteiger partial charge in [-0.2, -0.15) is 0 Å². The quantitative estimate of drug-likeness (QED) is 0.760. The SMILES string of the molecule is C=CCN(CC=C)C(=O)CC1CC2CCC(C1)N2.Cl. The standard InChI is InChI=1S/C15H24N2O.ClH/c1-3-7-17(8-4-2)15(18)11-12-9-13-5-6-14(10-12)16-13;/h3-4,12-14,16H,1-2,5-11H2;1H. The fourth-order valence-corrected chi connectivity index (χ4v) is 3.31. The number of piperidine rings is 1. The molecule has 0 aliphatic carbocycles. The van der Waals surface area contributed by atoms with Gasteiger partial charge in [0.15, 0.2) is 0 Å². The number of hydrogen-bond donors (Lipinski definition) is 1. The molecule has 19 heavy (non-hydrogen) atoms. The summed E-state index contributed by atoms with van der Waals surface area (Å²) in [6.45, 7) is 8.67. The average Bonchev–Trinajstić information content (AvgIpc) is 2.68. The van der Waals surface area contributed by atoms with Crippen LogP contribution in [0.4, 0.5) is 0 Å². The number of amides is 1. The second-order valence-corrected chi connectivity index (χ2v) is 5.56. The average molecular weight is 285 g/mol. The second-order valence-electron chi connectivity index (χ2n) is 5.56. The molecule has 1 N–H and O–H groups in total. The van der Waals surface area contributed by atoms with E-state index in [9.17, 15) is 4.79 Å². The molecule has 2 heterocycles. The van der Waals surface area contributed by atoms with Gasteiger partial charge in [0.05, 0.1) is 0 Å². The van der Waals surface area contributed by atoms with Crippen LogP contribution in [0.25, 0.3) is 0 Å². The monoisotopic (exact) mass is 284 g/mol. The van der Waals surface area contributed by atoms with Crippen LogP contribution in [-0.2, 0) is 4.79 Å². The van der Waals surface area contributed by atoms with Crippen molar-refractivity contribution in [3.63, 3.8) is 0 Å². The minimum Gasteiger partial charge on any atom is -0.335 e. The summed E-state index contributed by atoms with van der Waals surface area (Å²) in [5.41, 5.74) is 0. The fourth-order valence-electron chi connectivity index (χ4n) is 3.31. The van der Waals surface area contributed by atoms with Gasteiger partial charge in [-0.1, -0.05) is 12.2 Å². The van der Waals surface area contributed by atoms with E-state index >= 15 is 0 Å². The summed E-state index contributed by atoms with van der Waals surface area (Å²) in [7, 11) is 0. The number of carbonyl (C=O) groups excluding carboxylic acids is 1. The van der Waals surface area contributed by atoms with E-state index in [0.717, 1.165) is 12.8 Å². The van der Waals surface area contributed by atoms with Crippen molar-refractivity contribution in [3.05, 3.63) is 25.3 Å². The third-order valence-corrected chi connectivity index (χ3v) is 4.09. The molecule has 0 aromatic heterocycles. The zero-order chi connectivity index (χ0) is 13.0. The van der Waals surface area contributed by atoms with Gasteiger partial charge in [-0.15, -0.1) is 25.6 Å². The molecule has 0 spiro atoms. The van der Waals surface area contributed by atoms with Crippen LogP contribution in [0.2, 0.25) is 0 Å². The van der Waals surface area contributed by atoms with Gasteiger partial charge in [0, 0.05) is 31.6 Å². The number of nitrogens with zero attached hydrogens (tertiary/aromatic N) is 1. The fraction of sp³-hybridized carbons (Fsp3) is 0.667. The smallest absolute Gasteiger partial charge is 0.223 e. The maximum atomic E-state index is 12.2. The van der Waals surface area contributed by atoms with Gasteiger partial charge in [0.25, 0.3) is 0 Å². The van der Waals surface area contributed by atoms with Crippen LogP contribution < -0.4 is 5.32 Å². The zero-order valence-electron chi connectivity index (χ0n) is 11.5. The molecule has 108 valence electrons. The Kier molecular flexibility index (Phi) is 6.59. The minimum atomic E-state index is 0. The third-order valence-electron chi connectivity index (χ3n) is 4.09. The van der Waals surface area contributed by atoms with Crippen LogP contribution in [0.3, 0.4) is 0 Å². The lowest BCUT2D eigenvalue weighted by molar-refractivity contribution is -0.131. The third kappa shape index (κ3) is 4.36. The first-order valence-corrected chi connectivity index (χ1v) is 6.98. The molecular formula is C15H25ClN2O. The van der Waals surface area contributed by atoms with Gasteiger partial charge in [0.1, 0.15) is 0 Å². The summed E-state index contributed by atoms with van der Waals surface area (Å²) in [5.74, 6) is 0.814. The van der Waals surface area contributed by atoms with Crippen LogP contribution >= 0.6 is 12.4 Å². The minimum absolute atomic E-state index is 0. The molecule has 0 aromatic rings. The number of halogens is 1. The summed E-state index contributed by atoms with van der Waals surface area (Å²) in [4.78, 5) is 14.1. The van der Waals surface area contributed by atoms with E-state index in [1.54, 1.807) is 12.2 Å². The molecule has 2 aliphatic rings. The van der Waals surface area contributed by atoms with E-state index in [-0.39, 0.29) is 18.3 Å². The zero-order valence-corrected chi connectivity index (χ0v) is 12.3. The topological polar surface area (TPSA) is 32.3 Å². The number of hydrogen-bond acceptors (Lipinski definition) is 2. The van der Waals surface area contributed by atoms with Crippen LogP contribution in [0.1, 0.15) is 32.1 Å². The molecule has 2 aliphatic heterocycles. The molecule has 0 radical (unpaired) electrons. The van der Waals surface area contributed by atoms with E-state index < -0.39 is 0 Å². The Morgan fingerprint density at radius 1 is 1.16 bits per heavy atom. The van der Waals surface area contributed by atoms with Crippen molar-refractivity contribution >= 4 is 18.3 Å². The largest absolute Gasteiger partial charge is 0.335 e. The van der Waals surface area contributed by atoms with Crippen LogP contribution in [-0.4, -0.2) is 36.0 Å². The van der Waals surface area contributed by atoms with E-state index in [1.165, 1.54) is 12.8 Å². The molecule has 2 atom stereocenters. The Bertz CT molecular complexity index is 310. The lowest BCUT2D eigenvalue weighted by atomic mass is 9.89. The summed E-state index contributed by atoms with van der Waals surface area (Å²) >= 11 is 0. The molecule has 2 unspecified atom stereocenters. The molecule has 4 heteroatoms. The molecular weight excluding hydrogens is 260 g/mol.